The van der Waals surface area contributed by atoms with Gasteiger partial charge in [-0.1, -0.05) is 29.8 Å². The van der Waals surface area contributed by atoms with E-state index in [2.05, 4.69) is 31.9 Å². The van der Waals surface area contributed by atoms with Crippen molar-refractivity contribution in [3.05, 3.63) is 107 Å². The summed E-state index contributed by atoms with van der Waals surface area (Å²) in [5.41, 5.74) is 3.47. The topological polar surface area (TPSA) is 89.8 Å². The van der Waals surface area contributed by atoms with E-state index in [1.165, 1.54) is 17.0 Å². The van der Waals surface area contributed by atoms with Crippen LogP contribution in [0, 0.1) is 17.0 Å². The number of nitro groups is 1. The molecule has 0 N–H and O–H groups in total. The average molecular weight is 618 g/mol. The van der Waals surface area contributed by atoms with E-state index < -0.39 is 4.92 Å². The number of nitro benzene ring substituents is 1. The third-order valence-electron chi connectivity index (χ3n) is 5.15. The van der Waals surface area contributed by atoms with Crippen molar-refractivity contribution in [1.82, 2.24) is 4.90 Å². The standard InChI is InChI=1S/C25H18Br2N2O5S/c1-15-3-2-4-17(9-15)13-28-24(30)22(35-25(28)31)12-18-10-20(26)23(21(27)11-18)34-14-16-5-7-19(8-6-16)29(32)33/h2-12H,13-14H2,1H3/b22-12-. The molecular weight excluding hydrogens is 600 g/mol. The highest BCUT2D eigenvalue weighted by Gasteiger charge is 2.35. The highest BCUT2D eigenvalue weighted by Crippen LogP contribution is 2.38. The summed E-state index contributed by atoms with van der Waals surface area (Å²) in [5, 5.41) is 10.5. The first kappa shape index (κ1) is 25.2. The fourth-order valence-electron chi connectivity index (χ4n) is 3.45. The molecule has 0 spiro atoms. The Labute approximate surface area is 222 Å². The summed E-state index contributed by atoms with van der Waals surface area (Å²) in [5.74, 6) is 0.223. The molecule has 0 unspecified atom stereocenters. The molecule has 0 saturated carbocycles. The molecule has 2 amide bonds. The monoisotopic (exact) mass is 616 g/mol. The largest absolute Gasteiger partial charge is 0.487 e. The predicted molar refractivity (Wildman–Crippen MR) is 142 cm³/mol. The molecule has 1 fully saturated rings. The lowest BCUT2D eigenvalue weighted by Gasteiger charge is -2.13. The Morgan fingerprint density at radius 3 is 2.34 bits per heavy atom. The summed E-state index contributed by atoms with van der Waals surface area (Å²) in [6.45, 7) is 2.41. The number of thioether (sulfide) groups is 1. The van der Waals surface area contributed by atoms with E-state index in [4.69, 9.17) is 4.74 Å². The van der Waals surface area contributed by atoms with Crippen molar-refractivity contribution in [1.29, 1.82) is 0 Å². The van der Waals surface area contributed by atoms with Gasteiger partial charge in [0.25, 0.3) is 16.8 Å². The molecule has 35 heavy (non-hydrogen) atoms. The van der Waals surface area contributed by atoms with Gasteiger partial charge in [0.15, 0.2) is 0 Å². The van der Waals surface area contributed by atoms with Crippen molar-refractivity contribution < 1.29 is 19.2 Å². The minimum absolute atomic E-state index is 0.0174. The number of non-ortho nitro benzene ring substituents is 1. The molecule has 0 bridgehead atoms. The van der Waals surface area contributed by atoms with Crippen LogP contribution in [0.2, 0.25) is 0 Å². The number of ether oxygens (including phenoxy) is 1. The second-order valence-corrected chi connectivity index (χ2v) is 10.5. The molecule has 10 heteroatoms. The molecule has 178 valence electrons. The summed E-state index contributed by atoms with van der Waals surface area (Å²) in [6.07, 6.45) is 1.68. The van der Waals surface area contributed by atoms with Crippen molar-refractivity contribution in [2.45, 2.75) is 20.1 Å². The minimum atomic E-state index is -0.451. The van der Waals surface area contributed by atoms with Crippen molar-refractivity contribution in [2.75, 3.05) is 0 Å². The first-order chi connectivity index (χ1) is 16.7. The number of carbonyl (C=O) groups is 2. The van der Waals surface area contributed by atoms with Crippen molar-refractivity contribution in [3.8, 4) is 5.75 Å². The molecule has 0 radical (unpaired) electrons. The van der Waals surface area contributed by atoms with Gasteiger partial charge in [0.05, 0.1) is 25.3 Å². The molecule has 0 aliphatic carbocycles. The van der Waals surface area contributed by atoms with Crippen LogP contribution in [0.4, 0.5) is 10.5 Å². The summed E-state index contributed by atoms with van der Waals surface area (Å²) in [7, 11) is 0. The molecule has 1 saturated heterocycles. The Hall–Kier alpha value is -2.95. The molecule has 4 rings (SSSR count). The molecule has 1 heterocycles. The van der Waals surface area contributed by atoms with Gasteiger partial charge < -0.3 is 4.74 Å². The number of benzene rings is 3. The third-order valence-corrected chi connectivity index (χ3v) is 7.23. The Kier molecular flexibility index (Phi) is 7.73. The van der Waals surface area contributed by atoms with Crippen LogP contribution in [-0.4, -0.2) is 21.0 Å². The molecule has 3 aromatic rings. The maximum absolute atomic E-state index is 12.9. The molecule has 0 aromatic heterocycles. The minimum Gasteiger partial charge on any atom is -0.487 e. The van der Waals surface area contributed by atoms with Crippen LogP contribution in [0.3, 0.4) is 0 Å². The van der Waals surface area contributed by atoms with Crippen LogP contribution in [0.5, 0.6) is 5.75 Å². The number of nitrogens with zero attached hydrogens (tertiary/aromatic N) is 2. The van der Waals surface area contributed by atoms with Gasteiger partial charge in [0, 0.05) is 12.1 Å². The molecule has 0 atom stereocenters. The van der Waals surface area contributed by atoms with Crippen LogP contribution in [0.1, 0.15) is 22.3 Å². The van der Waals surface area contributed by atoms with Crippen molar-refractivity contribution >= 4 is 66.5 Å². The quantitative estimate of drug-likeness (QED) is 0.158. The van der Waals surface area contributed by atoms with Crippen LogP contribution >= 0.6 is 43.6 Å². The number of hydrogen-bond acceptors (Lipinski definition) is 6. The number of halogens is 2. The normalized spacial score (nSPS) is 14.6. The van der Waals surface area contributed by atoms with Gasteiger partial charge in [-0.05, 0) is 97.6 Å². The van der Waals surface area contributed by atoms with E-state index in [0.29, 0.717) is 25.2 Å². The van der Waals surface area contributed by atoms with E-state index in [-0.39, 0.29) is 30.0 Å². The van der Waals surface area contributed by atoms with Gasteiger partial charge >= 0.3 is 0 Å². The lowest BCUT2D eigenvalue weighted by molar-refractivity contribution is -0.384. The Morgan fingerprint density at radius 2 is 1.71 bits per heavy atom. The van der Waals surface area contributed by atoms with Crippen LogP contribution in [0.15, 0.2) is 74.5 Å². The van der Waals surface area contributed by atoms with Crippen LogP contribution in [-0.2, 0) is 17.9 Å². The molecule has 7 nitrogen and oxygen atoms in total. The Bertz CT molecular complexity index is 1340. The van der Waals surface area contributed by atoms with Gasteiger partial charge in [0.2, 0.25) is 0 Å². The third kappa shape index (κ3) is 6.01. The van der Waals surface area contributed by atoms with Crippen LogP contribution in [0.25, 0.3) is 6.08 Å². The summed E-state index contributed by atoms with van der Waals surface area (Å²) < 4.78 is 7.20. The average Bonchev–Trinajstić information content (AvgIpc) is 3.06. The lowest BCUT2D eigenvalue weighted by atomic mass is 10.1. The van der Waals surface area contributed by atoms with Gasteiger partial charge in [-0.2, -0.15) is 0 Å². The predicted octanol–water partition coefficient (Wildman–Crippen LogP) is 7.24. The number of imide groups is 1. The van der Waals surface area contributed by atoms with Gasteiger partial charge in [-0.25, -0.2) is 0 Å². The molecule has 3 aromatic carbocycles. The number of rotatable bonds is 7. The van der Waals surface area contributed by atoms with Crippen LogP contribution < -0.4 is 4.74 Å². The summed E-state index contributed by atoms with van der Waals surface area (Å²) in [4.78, 5) is 37.3. The zero-order valence-corrected chi connectivity index (χ0v) is 22.4. The zero-order chi connectivity index (χ0) is 25.1. The fraction of sp³-hybridized carbons (Fsp3) is 0.120. The smallest absolute Gasteiger partial charge is 0.293 e. The summed E-state index contributed by atoms with van der Waals surface area (Å²) in [6, 6.07) is 17.4. The summed E-state index contributed by atoms with van der Waals surface area (Å²) >= 11 is 7.91. The zero-order valence-electron chi connectivity index (χ0n) is 18.4. The molecule has 1 aliphatic heterocycles. The number of carbonyl (C=O) groups excluding carboxylic acids is 2. The number of amides is 2. The Balaban J connectivity index is 1.47. The van der Waals surface area contributed by atoms with E-state index in [0.717, 1.165) is 28.5 Å². The van der Waals surface area contributed by atoms with E-state index in [1.54, 1.807) is 30.3 Å². The van der Waals surface area contributed by atoms with Gasteiger partial charge in [0.1, 0.15) is 12.4 Å². The van der Waals surface area contributed by atoms with Gasteiger partial charge in [-0.15, -0.1) is 0 Å². The molecular formula is C25H18Br2N2O5S. The van der Waals surface area contributed by atoms with E-state index in [1.807, 2.05) is 31.2 Å². The Morgan fingerprint density at radius 1 is 1.03 bits per heavy atom. The maximum atomic E-state index is 12.9. The first-order valence-corrected chi connectivity index (χ1v) is 12.8. The highest BCUT2D eigenvalue weighted by atomic mass is 79.9. The SMILES string of the molecule is Cc1cccc(CN2C(=O)S/C(=C\c3cc(Br)c(OCc4ccc([N+](=O)[O-])cc4)c(Br)c3)C2=O)c1. The first-order valence-electron chi connectivity index (χ1n) is 10.4. The number of hydrogen-bond donors (Lipinski definition) is 0. The lowest BCUT2D eigenvalue weighted by Crippen LogP contribution is -2.27. The maximum Gasteiger partial charge on any atom is 0.293 e. The van der Waals surface area contributed by atoms with E-state index in [9.17, 15) is 19.7 Å². The van der Waals surface area contributed by atoms with Gasteiger partial charge in [-0.3, -0.25) is 24.6 Å². The van der Waals surface area contributed by atoms with Crippen molar-refractivity contribution in [2.24, 2.45) is 0 Å². The number of aryl methyl sites for hydroxylation is 1. The fourth-order valence-corrected chi connectivity index (χ4v) is 5.74. The second-order valence-electron chi connectivity index (χ2n) is 7.78. The van der Waals surface area contributed by atoms with E-state index >= 15 is 0 Å². The highest BCUT2D eigenvalue weighted by molar-refractivity contribution is 9.11. The second kappa shape index (κ2) is 10.8. The molecule has 1 aliphatic rings. The van der Waals surface area contributed by atoms with Crippen molar-refractivity contribution in [3.63, 3.8) is 0 Å².